The predicted octanol–water partition coefficient (Wildman–Crippen LogP) is 3.26. The van der Waals surface area contributed by atoms with Crippen LogP contribution in [0.2, 0.25) is 0 Å². The molecule has 1 heterocycles. The molecule has 0 amide bonds. The van der Waals surface area contributed by atoms with E-state index >= 15 is 0 Å². The van der Waals surface area contributed by atoms with E-state index in [1.807, 2.05) is 13.8 Å². The van der Waals surface area contributed by atoms with Gasteiger partial charge in [-0.1, -0.05) is 20.8 Å². The molecule has 0 saturated heterocycles. The molecule has 0 aliphatic heterocycles. The molecule has 0 saturated carbocycles. The first-order chi connectivity index (χ1) is 8.86. The first kappa shape index (κ1) is 17.4. The standard InChI is InChI=1S/C11H12F3NO2.C2H6/c1-2-8(16)5-7-15-6-3-4-9(10(15)17)11(12,13)14;1-2/h3-4,6H,2,5,7H2,1H3;1-2H3. The second-order valence-corrected chi connectivity index (χ2v) is 3.56. The number of Topliss-reactive ketones (excluding diaryl/α,β-unsaturated/α-hetero) is 1. The first-order valence-electron chi connectivity index (χ1n) is 6.14. The van der Waals surface area contributed by atoms with Crippen LogP contribution in [0, 0.1) is 0 Å². The van der Waals surface area contributed by atoms with Crippen molar-refractivity contribution in [2.75, 3.05) is 0 Å². The third kappa shape index (κ3) is 5.28. The maximum absolute atomic E-state index is 12.4. The van der Waals surface area contributed by atoms with Gasteiger partial charge in [0.15, 0.2) is 0 Å². The summed E-state index contributed by atoms with van der Waals surface area (Å²) in [5.74, 6) is -0.0886. The van der Waals surface area contributed by atoms with Crippen molar-refractivity contribution in [3.8, 4) is 0 Å². The van der Waals surface area contributed by atoms with Crippen LogP contribution in [-0.4, -0.2) is 10.4 Å². The molecule has 0 radical (unpaired) electrons. The highest BCUT2D eigenvalue weighted by Crippen LogP contribution is 2.25. The lowest BCUT2D eigenvalue weighted by molar-refractivity contribution is -0.138. The molecule has 0 atom stereocenters. The topological polar surface area (TPSA) is 39.1 Å². The largest absolute Gasteiger partial charge is 0.421 e. The van der Waals surface area contributed by atoms with Crippen molar-refractivity contribution >= 4 is 5.78 Å². The van der Waals surface area contributed by atoms with Crippen LogP contribution in [-0.2, 0) is 17.5 Å². The van der Waals surface area contributed by atoms with Gasteiger partial charge >= 0.3 is 6.18 Å². The van der Waals surface area contributed by atoms with E-state index < -0.39 is 17.3 Å². The Bertz CT molecular complexity index is 464. The molecule has 0 bridgehead atoms. The van der Waals surface area contributed by atoms with Gasteiger partial charge in [0.1, 0.15) is 11.3 Å². The number of alkyl halides is 3. The highest BCUT2D eigenvalue weighted by atomic mass is 19.4. The molecule has 6 heteroatoms. The third-order valence-corrected chi connectivity index (χ3v) is 2.35. The highest BCUT2D eigenvalue weighted by molar-refractivity contribution is 5.77. The Labute approximate surface area is 110 Å². The quantitative estimate of drug-likeness (QED) is 0.847. The molecule has 1 aromatic rings. The summed E-state index contributed by atoms with van der Waals surface area (Å²) in [5, 5.41) is 0. The summed E-state index contributed by atoms with van der Waals surface area (Å²) in [4.78, 5) is 22.5. The predicted molar refractivity (Wildman–Crippen MR) is 67.0 cm³/mol. The normalized spacial score (nSPS) is 10.6. The average molecular weight is 277 g/mol. The van der Waals surface area contributed by atoms with Crippen molar-refractivity contribution in [1.82, 2.24) is 4.57 Å². The van der Waals surface area contributed by atoms with Gasteiger partial charge in [-0.2, -0.15) is 13.2 Å². The molecule has 108 valence electrons. The van der Waals surface area contributed by atoms with E-state index in [9.17, 15) is 22.8 Å². The van der Waals surface area contributed by atoms with Crippen LogP contribution < -0.4 is 5.56 Å². The van der Waals surface area contributed by atoms with Gasteiger partial charge in [0.25, 0.3) is 5.56 Å². The van der Waals surface area contributed by atoms with Gasteiger partial charge in [0.05, 0.1) is 0 Å². The van der Waals surface area contributed by atoms with Crippen LogP contribution >= 0.6 is 0 Å². The van der Waals surface area contributed by atoms with Crippen LogP contribution in [0.1, 0.15) is 39.2 Å². The van der Waals surface area contributed by atoms with Gasteiger partial charge in [0.2, 0.25) is 0 Å². The summed E-state index contributed by atoms with van der Waals surface area (Å²) in [5.41, 5.74) is -2.31. The highest BCUT2D eigenvalue weighted by Gasteiger charge is 2.34. The van der Waals surface area contributed by atoms with E-state index in [0.29, 0.717) is 6.42 Å². The monoisotopic (exact) mass is 277 g/mol. The molecule has 1 rings (SSSR count). The Balaban J connectivity index is 0.00000154. The number of pyridine rings is 1. The van der Waals surface area contributed by atoms with Crippen LogP contribution in [0.3, 0.4) is 0 Å². The fourth-order valence-corrected chi connectivity index (χ4v) is 1.35. The lowest BCUT2D eigenvalue weighted by Gasteiger charge is -2.09. The van der Waals surface area contributed by atoms with E-state index in [-0.39, 0.29) is 18.7 Å². The Morgan fingerprint density at radius 1 is 1.32 bits per heavy atom. The van der Waals surface area contributed by atoms with Crippen molar-refractivity contribution in [1.29, 1.82) is 0 Å². The minimum absolute atomic E-state index is 0.0184. The summed E-state index contributed by atoms with van der Waals surface area (Å²) in [6.07, 6.45) is -3.03. The van der Waals surface area contributed by atoms with Gasteiger partial charge in [-0.15, -0.1) is 0 Å². The van der Waals surface area contributed by atoms with E-state index in [1.54, 1.807) is 6.92 Å². The third-order valence-electron chi connectivity index (χ3n) is 2.35. The second-order valence-electron chi connectivity index (χ2n) is 3.56. The number of aryl methyl sites for hydroxylation is 1. The Hall–Kier alpha value is -1.59. The fraction of sp³-hybridized carbons (Fsp3) is 0.538. The van der Waals surface area contributed by atoms with E-state index in [4.69, 9.17) is 0 Å². The summed E-state index contributed by atoms with van der Waals surface area (Å²) in [6, 6.07) is 1.89. The van der Waals surface area contributed by atoms with Crippen molar-refractivity contribution in [3.63, 3.8) is 0 Å². The number of ketones is 1. The number of hydrogen-bond acceptors (Lipinski definition) is 2. The molecule has 19 heavy (non-hydrogen) atoms. The van der Waals surface area contributed by atoms with Gasteiger partial charge in [0, 0.05) is 25.6 Å². The summed E-state index contributed by atoms with van der Waals surface area (Å²) >= 11 is 0. The maximum Gasteiger partial charge on any atom is 0.421 e. The van der Waals surface area contributed by atoms with E-state index in [0.717, 1.165) is 16.7 Å². The zero-order valence-electron chi connectivity index (χ0n) is 11.3. The fourth-order valence-electron chi connectivity index (χ4n) is 1.35. The van der Waals surface area contributed by atoms with Crippen LogP contribution in [0.4, 0.5) is 13.2 Å². The summed E-state index contributed by atoms with van der Waals surface area (Å²) in [6.45, 7) is 5.65. The average Bonchev–Trinajstić information content (AvgIpc) is 2.38. The number of aromatic nitrogens is 1. The van der Waals surface area contributed by atoms with Crippen LogP contribution in [0.25, 0.3) is 0 Å². The molecule has 1 aromatic heterocycles. The van der Waals surface area contributed by atoms with Gasteiger partial charge in [-0.05, 0) is 12.1 Å². The smallest absolute Gasteiger partial charge is 0.315 e. The van der Waals surface area contributed by atoms with E-state index in [1.165, 1.54) is 6.20 Å². The van der Waals surface area contributed by atoms with Crippen molar-refractivity contribution in [3.05, 3.63) is 34.2 Å². The maximum atomic E-state index is 12.4. The molecular weight excluding hydrogens is 259 g/mol. The Morgan fingerprint density at radius 2 is 1.89 bits per heavy atom. The second kappa shape index (κ2) is 7.76. The number of hydrogen-bond donors (Lipinski definition) is 0. The Morgan fingerprint density at radius 3 is 2.37 bits per heavy atom. The molecule has 0 unspecified atom stereocenters. The molecule has 0 spiro atoms. The van der Waals surface area contributed by atoms with E-state index in [2.05, 4.69) is 0 Å². The Kier molecular flexibility index (Phi) is 7.11. The molecule has 0 aliphatic carbocycles. The number of carbonyl (C=O) groups is 1. The van der Waals surface area contributed by atoms with Crippen molar-refractivity contribution in [2.24, 2.45) is 0 Å². The lowest BCUT2D eigenvalue weighted by Crippen LogP contribution is -2.28. The molecule has 3 nitrogen and oxygen atoms in total. The summed E-state index contributed by atoms with van der Waals surface area (Å²) < 4.78 is 38.2. The number of halogens is 3. The zero-order valence-corrected chi connectivity index (χ0v) is 11.3. The summed E-state index contributed by atoms with van der Waals surface area (Å²) in [7, 11) is 0. The SMILES string of the molecule is CC.CCC(=O)CCn1cccc(C(F)(F)F)c1=O. The van der Waals surface area contributed by atoms with Gasteiger partial charge in [-0.25, -0.2) is 0 Å². The molecule has 0 fully saturated rings. The minimum atomic E-state index is -4.66. The first-order valence-corrected chi connectivity index (χ1v) is 6.14. The van der Waals surface area contributed by atoms with Crippen LogP contribution in [0.15, 0.2) is 23.1 Å². The van der Waals surface area contributed by atoms with Gasteiger partial charge in [-0.3, -0.25) is 9.59 Å². The number of rotatable bonds is 4. The molecule has 0 aromatic carbocycles. The lowest BCUT2D eigenvalue weighted by atomic mass is 10.2. The number of carbonyl (C=O) groups excluding carboxylic acids is 1. The van der Waals surface area contributed by atoms with Gasteiger partial charge < -0.3 is 4.57 Å². The molecule has 0 N–H and O–H groups in total. The zero-order chi connectivity index (χ0) is 15.1. The molecule has 0 aliphatic rings. The number of nitrogens with zero attached hydrogens (tertiary/aromatic N) is 1. The minimum Gasteiger partial charge on any atom is -0.315 e. The van der Waals surface area contributed by atoms with Crippen LogP contribution in [0.5, 0.6) is 0 Å². The van der Waals surface area contributed by atoms with Crippen molar-refractivity contribution < 1.29 is 18.0 Å². The van der Waals surface area contributed by atoms with Crippen molar-refractivity contribution in [2.45, 2.75) is 46.3 Å². The molecular formula is C13H18F3NO2.